The van der Waals surface area contributed by atoms with E-state index in [-0.39, 0.29) is 18.8 Å². The highest BCUT2D eigenvalue weighted by Gasteiger charge is 2.45. The number of carbonyl (C=O) groups is 1. The summed E-state index contributed by atoms with van der Waals surface area (Å²) in [6.07, 6.45) is -2.47. The van der Waals surface area contributed by atoms with Crippen LogP contribution < -0.4 is 4.74 Å². The summed E-state index contributed by atoms with van der Waals surface area (Å²) in [5.41, 5.74) is 1.92. The number of hydrogen-bond acceptors (Lipinski definition) is 3. The molecule has 0 aromatic heterocycles. The van der Waals surface area contributed by atoms with Crippen molar-refractivity contribution < 1.29 is 31.8 Å². The van der Waals surface area contributed by atoms with E-state index >= 15 is 0 Å². The van der Waals surface area contributed by atoms with Gasteiger partial charge in [0, 0.05) is 0 Å². The summed E-state index contributed by atoms with van der Waals surface area (Å²) < 4.78 is 62.0. The van der Waals surface area contributed by atoms with Crippen LogP contribution in [0.2, 0.25) is 0 Å². The van der Waals surface area contributed by atoms with Crippen molar-refractivity contribution in [1.29, 1.82) is 0 Å². The minimum atomic E-state index is -4.57. The highest BCUT2D eigenvalue weighted by atomic mass is 19.4. The molecular formula is C23H26F4O3. The van der Waals surface area contributed by atoms with Crippen molar-refractivity contribution in [1.82, 2.24) is 0 Å². The van der Waals surface area contributed by atoms with Crippen molar-refractivity contribution in [3.05, 3.63) is 65.5 Å². The SMILES string of the molecule is CCOC(=O)C(CCCCCc1ccc(OCc2ccc(F)cc2)cc1)C(F)(F)F. The van der Waals surface area contributed by atoms with Crippen molar-refractivity contribution in [3.63, 3.8) is 0 Å². The molecule has 2 aromatic rings. The topological polar surface area (TPSA) is 35.5 Å². The van der Waals surface area contributed by atoms with Crippen molar-refractivity contribution >= 4 is 5.97 Å². The number of ether oxygens (including phenoxy) is 2. The van der Waals surface area contributed by atoms with Crippen LogP contribution in [0, 0.1) is 11.7 Å². The zero-order chi connectivity index (χ0) is 22.0. The van der Waals surface area contributed by atoms with Gasteiger partial charge in [0.15, 0.2) is 5.92 Å². The number of benzene rings is 2. The molecule has 0 radical (unpaired) electrons. The number of carbonyl (C=O) groups excluding carboxylic acids is 1. The highest BCUT2D eigenvalue weighted by Crippen LogP contribution is 2.31. The largest absolute Gasteiger partial charge is 0.489 e. The Hall–Kier alpha value is -2.57. The van der Waals surface area contributed by atoms with Crippen LogP contribution in [0.15, 0.2) is 48.5 Å². The number of hydrogen-bond donors (Lipinski definition) is 0. The third kappa shape index (κ3) is 8.05. The first kappa shape index (κ1) is 23.7. The van der Waals surface area contributed by atoms with Crippen LogP contribution in [0.1, 0.15) is 43.7 Å². The van der Waals surface area contributed by atoms with E-state index in [0.717, 1.165) is 24.0 Å². The number of esters is 1. The first-order valence-corrected chi connectivity index (χ1v) is 9.99. The Labute approximate surface area is 174 Å². The Bertz CT molecular complexity index is 771. The van der Waals surface area contributed by atoms with Gasteiger partial charge in [-0.25, -0.2) is 4.39 Å². The maximum Gasteiger partial charge on any atom is 0.402 e. The number of halogens is 4. The fraction of sp³-hybridized carbons (Fsp3) is 0.435. The van der Waals surface area contributed by atoms with E-state index in [1.54, 1.807) is 12.1 Å². The summed E-state index contributed by atoms with van der Waals surface area (Å²) in [5.74, 6) is -2.85. The minimum absolute atomic E-state index is 0.0605. The summed E-state index contributed by atoms with van der Waals surface area (Å²) in [6.45, 7) is 1.76. The van der Waals surface area contributed by atoms with E-state index in [1.807, 2.05) is 24.3 Å². The van der Waals surface area contributed by atoms with Crippen molar-refractivity contribution in [3.8, 4) is 5.75 Å². The van der Waals surface area contributed by atoms with Crippen LogP contribution >= 0.6 is 0 Å². The molecule has 1 atom stereocenters. The van der Waals surface area contributed by atoms with E-state index in [2.05, 4.69) is 4.74 Å². The maximum absolute atomic E-state index is 13.0. The Balaban J connectivity index is 1.70. The van der Waals surface area contributed by atoms with Gasteiger partial charge in [0.05, 0.1) is 6.61 Å². The Morgan fingerprint density at radius 2 is 1.57 bits per heavy atom. The second-order valence-electron chi connectivity index (χ2n) is 7.00. The van der Waals surface area contributed by atoms with E-state index in [0.29, 0.717) is 25.2 Å². The zero-order valence-electron chi connectivity index (χ0n) is 16.9. The minimum Gasteiger partial charge on any atom is -0.489 e. The number of aryl methyl sites for hydroxylation is 1. The molecule has 0 bridgehead atoms. The molecule has 30 heavy (non-hydrogen) atoms. The van der Waals surface area contributed by atoms with Crippen LogP contribution in [0.5, 0.6) is 5.75 Å². The van der Waals surface area contributed by atoms with Crippen LogP contribution in [0.4, 0.5) is 17.6 Å². The monoisotopic (exact) mass is 426 g/mol. The van der Waals surface area contributed by atoms with Gasteiger partial charge in [0.25, 0.3) is 0 Å². The van der Waals surface area contributed by atoms with Crippen LogP contribution in [-0.4, -0.2) is 18.8 Å². The predicted molar refractivity (Wildman–Crippen MR) is 106 cm³/mol. The normalized spacial score (nSPS) is 12.4. The summed E-state index contributed by atoms with van der Waals surface area (Å²) >= 11 is 0. The smallest absolute Gasteiger partial charge is 0.402 e. The third-order valence-electron chi connectivity index (χ3n) is 4.67. The molecule has 3 nitrogen and oxygen atoms in total. The van der Waals surface area contributed by atoms with Gasteiger partial charge in [0.1, 0.15) is 18.2 Å². The molecule has 0 aliphatic rings. The van der Waals surface area contributed by atoms with Gasteiger partial charge < -0.3 is 9.47 Å². The van der Waals surface area contributed by atoms with Gasteiger partial charge >= 0.3 is 12.1 Å². The maximum atomic E-state index is 13.0. The van der Waals surface area contributed by atoms with Gasteiger partial charge in [0.2, 0.25) is 0 Å². The van der Waals surface area contributed by atoms with Crippen LogP contribution in [0.25, 0.3) is 0 Å². The van der Waals surface area contributed by atoms with Crippen molar-refractivity contribution in [2.24, 2.45) is 5.92 Å². The molecule has 7 heteroatoms. The van der Waals surface area contributed by atoms with E-state index < -0.39 is 18.1 Å². The first-order valence-electron chi connectivity index (χ1n) is 9.99. The molecule has 0 spiro atoms. The summed E-state index contributed by atoms with van der Waals surface area (Å²) in [7, 11) is 0. The lowest BCUT2D eigenvalue weighted by atomic mass is 9.99. The van der Waals surface area contributed by atoms with Gasteiger partial charge in [-0.05, 0) is 61.6 Å². The molecule has 2 rings (SSSR count). The molecular weight excluding hydrogens is 400 g/mol. The average Bonchev–Trinajstić information content (AvgIpc) is 2.70. The average molecular weight is 426 g/mol. The van der Waals surface area contributed by atoms with Crippen LogP contribution in [0.3, 0.4) is 0 Å². The van der Waals surface area contributed by atoms with Gasteiger partial charge in [-0.15, -0.1) is 0 Å². The summed E-state index contributed by atoms with van der Waals surface area (Å²) in [4.78, 5) is 11.5. The fourth-order valence-corrected chi connectivity index (χ4v) is 3.01. The molecule has 0 N–H and O–H groups in total. The number of rotatable bonds is 11. The fourth-order valence-electron chi connectivity index (χ4n) is 3.01. The Morgan fingerprint density at radius 1 is 0.933 bits per heavy atom. The van der Waals surface area contributed by atoms with Crippen molar-refractivity contribution in [2.75, 3.05) is 6.61 Å². The zero-order valence-corrected chi connectivity index (χ0v) is 16.9. The summed E-state index contributed by atoms with van der Waals surface area (Å²) in [6, 6.07) is 13.6. The number of unbranched alkanes of at least 4 members (excludes halogenated alkanes) is 2. The predicted octanol–water partition coefficient (Wildman–Crippen LogP) is 6.25. The lowest BCUT2D eigenvalue weighted by molar-refractivity contribution is -0.198. The molecule has 0 aliphatic carbocycles. The van der Waals surface area contributed by atoms with Gasteiger partial charge in [-0.2, -0.15) is 13.2 Å². The van der Waals surface area contributed by atoms with E-state index in [9.17, 15) is 22.4 Å². The van der Waals surface area contributed by atoms with Gasteiger partial charge in [-0.1, -0.05) is 37.1 Å². The molecule has 0 fully saturated rings. The number of alkyl halides is 3. The standard InChI is InChI=1S/C23H26F4O3/c1-2-29-22(28)21(23(25,26)27)7-5-3-4-6-17-10-14-20(15-11-17)30-16-18-8-12-19(24)13-9-18/h8-15,21H,2-7,16H2,1H3. The van der Waals surface area contributed by atoms with Crippen LogP contribution in [-0.2, 0) is 22.6 Å². The molecule has 0 aliphatic heterocycles. The van der Waals surface area contributed by atoms with Crippen molar-refractivity contribution in [2.45, 2.75) is 51.8 Å². The van der Waals surface area contributed by atoms with Gasteiger partial charge in [-0.3, -0.25) is 4.79 Å². The molecule has 1 unspecified atom stereocenters. The van der Waals surface area contributed by atoms with E-state index in [1.165, 1.54) is 19.1 Å². The molecule has 164 valence electrons. The Morgan fingerprint density at radius 3 is 2.17 bits per heavy atom. The quantitative estimate of drug-likeness (QED) is 0.242. The lowest BCUT2D eigenvalue weighted by Crippen LogP contribution is -2.32. The molecule has 0 heterocycles. The lowest BCUT2D eigenvalue weighted by Gasteiger charge is -2.18. The third-order valence-corrected chi connectivity index (χ3v) is 4.67. The molecule has 0 saturated carbocycles. The summed E-state index contributed by atoms with van der Waals surface area (Å²) in [5, 5.41) is 0. The molecule has 0 saturated heterocycles. The Kier molecular flexibility index (Phi) is 9.15. The second kappa shape index (κ2) is 11.6. The first-order chi connectivity index (χ1) is 14.3. The highest BCUT2D eigenvalue weighted by molar-refractivity contribution is 5.73. The molecule has 2 aromatic carbocycles. The molecule has 0 amide bonds. The van der Waals surface area contributed by atoms with E-state index in [4.69, 9.17) is 4.74 Å². The second-order valence-corrected chi connectivity index (χ2v) is 7.00.